The van der Waals surface area contributed by atoms with Crippen molar-refractivity contribution < 1.29 is 9.53 Å². The maximum absolute atomic E-state index is 11.4. The zero-order chi connectivity index (χ0) is 14.5. The molecule has 0 radical (unpaired) electrons. The van der Waals surface area contributed by atoms with Crippen LogP contribution in [0.1, 0.15) is 21.6 Å². The molecular formula is C14H16BrN3O2. The first-order valence-corrected chi connectivity index (χ1v) is 6.95. The van der Waals surface area contributed by atoms with Gasteiger partial charge in [0.2, 0.25) is 0 Å². The Morgan fingerprint density at radius 1 is 1.40 bits per heavy atom. The van der Waals surface area contributed by atoms with Crippen LogP contribution in [0.4, 0.5) is 0 Å². The molecule has 5 nitrogen and oxygen atoms in total. The average Bonchev–Trinajstić information content (AvgIpc) is 2.85. The fourth-order valence-corrected chi connectivity index (χ4v) is 2.35. The van der Waals surface area contributed by atoms with E-state index in [0.29, 0.717) is 12.1 Å². The van der Waals surface area contributed by atoms with E-state index >= 15 is 0 Å². The van der Waals surface area contributed by atoms with E-state index < -0.39 is 0 Å². The molecule has 0 aliphatic rings. The van der Waals surface area contributed by atoms with Gasteiger partial charge in [0.1, 0.15) is 0 Å². The number of carbonyl (C=O) groups is 1. The van der Waals surface area contributed by atoms with E-state index in [1.165, 1.54) is 7.11 Å². The van der Waals surface area contributed by atoms with Gasteiger partial charge in [0, 0.05) is 30.8 Å². The summed E-state index contributed by atoms with van der Waals surface area (Å²) in [6, 6.07) is 7.42. The van der Waals surface area contributed by atoms with Crippen molar-refractivity contribution in [1.29, 1.82) is 0 Å². The summed E-state index contributed by atoms with van der Waals surface area (Å²) in [5.74, 6) is -0.333. The number of nitrogens with one attached hydrogen (secondary N) is 1. The molecule has 0 aliphatic heterocycles. The molecule has 1 aromatic carbocycles. The molecular weight excluding hydrogens is 322 g/mol. The zero-order valence-corrected chi connectivity index (χ0v) is 13.0. The van der Waals surface area contributed by atoms with Crippen molar-refractivity contribution in [2.24, 2.45) is 7.05 Å². The summed E-state index contributed by atoms with van der Waals surface area (Å²) in [4.78, 5) is 11.4. The summed E-state index contributed by atoms with van der Waals surface area (Å²) in [5, 5.41) is 7.46. The number of rotatable bonds is 5. The maximum Gasteiger partial charge on any atom is 0.337 e. The van der Waals surface area contributed by atoms with Crippen molar-refractivity contribution in [2.45, 2.75) is 13.1 Å². The number of ether oxygens (including phenoxy) is 1. The number of aryl methyl sites for hydroxylation is 1. The Bertz CT molecular complexity index is 610. The molecule has 6 heteroatoms. The highest BCUT2D eigenvalue weighted by molar-refractivity contribution is 9.10. The van der Waals surface area contributed by atoms with E-state index in [4.69, 9.17) is 0 Å². The summed E-state index contributed by atoms with van der Waals surface area (Å²) in [5.41, 5.74) is 2.74. The highest BCUT2D eigenvalue weighted by atomic mass is 79.9. The van der Waals surface area contributed by atoms with Crippen LogP contribution in [-0.4, -0.2) is 22.9 Å². The van der Waals surface area contributed by atoms with Gasteiger partial charge in [-0.2, -0.15) is 5.10 Å². The third kappa shape index (κ3) is 3.46. The number of benzene rings is 1. The van der Waals surface area contributed by atoms with Crippen LogP contribution in [0.5, 0.6) is 0 Å². The Labute approximate surface area is 126 Å². The van der Waals surface area contributed by atoms with Crippen molar-refractivity contribution in [3.63, 3.8) is 0 Å². The van der Waals surface area contributed by atoms with E-state index in [1.54, 1.807) is 18.3 Å². The van der Waals surface area contributed by atoms with Gasteiger partial charge in [-0.15, -0.1) is 0 Å². The van der Waals surface area contributed by atoms with Gasteiger partial charge in [-0.05, 0) is 23.8 Å². The summed E-state index contributed by atoms with van der Waals surface area (Å²) in [6.07, 6.45) is 1.78. The first-order chi connectivity index (χ1) is 9.61. The van der Waals surface area contributed by atoms with Crippen LogP contribution in [0.25, 0.3) is 0 Å². The summed E-state index contributed by atoms with van der Waals surface area (Å²) in [6.45, 7) is 1.44. The Balaban J connectivity index is 1.96. The second-order valence-corrected chi connectivity index (χ2v) is 5.20. The van der Waals surface area contributed by atoms with Crippen molar-refractivity contribution in [3.05, 3.63) is 51.8 Å². The minimum Gasteiger partial charge on any atom is -0.465 e. The monoisotopic (exact) mass is 337 g/mol. The van der Waals surface area contributed by atoms with Gasteiger partial charge in [-0.25, -0.2) is 4.79 Å². The number of nitrogens with zero attached hydrogens (tertiary/aromatic N) is 2. The highest BCUT2D eigenvalue weighted by Crippen LogP contribution is 2.19. The minimum atomic E-state index is -0.333. The SMILES string of the molecule is COC(=O)c1ccc(CNCc2ccnn2C)c(Br)c1. The number of carbonyl (C=O) groups excluding carboxylic acids is 1. The number of esters is 1. The molecule has 0 bridgehead atoms. The molecule has 0 saturated heterocycles. The van der Waals surface area contributed by atoms with Crippen LogP contribution in [-0.2, 0) is 24.9 Å². The molecule has 2 rings (SSSR count). The van der Waals surface area contributed by atoms with Crippen molar-refractivity contribution in [1.82, 2.24) is 15.1 Å². The molecule has 2 aromatic rings. The third-order valence-electron chi connectivity index (χ3n) is 3.02. The smallest absolute Gasteiger partial charge is 0.337 e. The molecule has 0 fully saturated rings. The second kappa shape index (κ2) is 6.67. The molecule has 0 saturated carbocycles. The number of aromatic nitrogens is 2. The Morgan fingerprint density at radius 2 is 2.20 bits per heavy atom. The maximum atomic E-state index is 11.4. The number of hydrogen-bond acceptors (Lipinski definition) is 4. The lowest BCUT2D eigenvalue weighted by molar-refractivity contribution is 0.0600. The molecule has 0 unspecified atom stereocenters. The van der Waals surface area contributed by atoms with Gasteiger partial charge >= 0.3 is 5.97 Å². The molecule has 106 valence electrons. The average molecular weight is 338 g/mol. The molecule has 0 amide bonds. The number of halogens is 1. The zero-order valence-electron chi connectivity index (χ0n) is 11.4. The van der Waals surface area contributed by atoms with E-state index in [1.807, 2.05) is 23.9 Å². The fraction of sp³-hybridized carbons (Fsp3) is 0.286. The quantitative estimate of drug-likeness (QED) is 0.850. The lowest BCUT2D eigenvalue weighted by atomic mass is 10.1. The molecule has 1 aromatic heterocycles. The van der Waals surface area contributed by atoms with E-state index in [9.17, 15) is 4.79 Å². The standard InChI is InChI=1S/C14H16BrN3O2/c1-18-12(5-6-17-18)9-16-8-11-4-3-10(7-13(11)15)14(19)20-2/h3-7,16H,8-9H2,1-2H3. The minimum absolute atomic E-state index is 0.333. The normalized spacial score (nSPS) is 10.6. The lowest BCUT2D eigenvalue weighted by Crippen LogP contribution is -2.15. The van der Waals surface area contributed by atoms with Gasteiger partial charge < -0.3 is 10.1 Å². The van der Waals surface area contributed by atoms with Gasteiger partial charge in [0.15, 0.2) is 0 Å². The Hall–Kier alpha value is -1.66. The van der Waals surface area contributed by atoms with E-state index in [2.05, 4.69) is 31.1 Å². The number of methoxy groups -OCH3 is 1. The molecule has 0 aliphatic carbocycles. The Morgan fingerprint density at radius 3 is 2.80 bits per heavy atom. The first kappa shape index (κ1) is 14.7. The summed E-state index contributed by atoms with van der Waals surface area (Å²) < 4.78 is 7.41. The largest absolute Gasteiger partial charge is 0.465 e. The van der Waals surface area contributed by atoms with Crippen molar-refractivity contribution in [3.8, 4) is 0 Å². The van der Waals surface area contributed by atoms with E-state index in [-0.39, 0.29) is 5.97 Å². The van der Waals surface area contributed by atoms with Crippen LogP contribution in [0.2, 0.25) is 0 Å². The number of hydrogen-bond donors (Lipinski definition) is 1. The highest BCUT2D eigenvalue weighted by Gasteiger charge is 2.08. The molecule has 1 N–H and O–H groups in total. The lowest BCUT2D eigenvalue weighted by Gasteiger charge is -2.08. The van der Waals surface area contributed by atoms with Crippen LogP contribution in [0.15, 0.2) is 34.9 Å². The van der Waals surface area contributed by atoms with Gasteiger partial charge in [-0.1, -0.05) is 22.0 Å². The van der Waals surface area contributed by atoms with Gasteiger partial charge in [0.05, 0.1) is 18.4 Å². The first-order valence-electron chi connectivity index (χ1n) is 6.16. The molecule has 0 spiro atoms. The van der Waals surface area contributed by atoms with Crippen molar-refractivity contribution >= 4 is 21.9 Å². The van der Waals surface area contributed by atoms with Gasteiger partial charge in [0.25, 0.3) is 0 Å². The van der Waals surface area contributed by atoms with Crippen LogP contribution in [0.3, 0.4) is 0 Å². The molecule has 1 heterocycles. The fourth-order valence-electron chi connectivity index (χ4n) is 1.84. The van der Waals surface area contributed by atoms with Crippen LogP contribution >= 0.6 is 15.9 Å². The summed E-state index contributed by atoms with van der Waals surface area (Å²) >= 11 is 3.47. The van der Waals surface area contributed by atoms with Crippen LogP contribution < -0.4 is 5.32 Å². The molecule has 20 heavy (non-hydrogen) atoms. The molecule has 0 atom stereocenters. The Kier molecular flexibility index (Phi) is 4.92. The van der Waals surface area contributed by atoms with Crippen molar-refractivity contribution in [2.75, 3.05) is 7.11 Å². The summed E-state index contributed by atoms with van der Waals surface area (Å²) in [7, 11) is 3.29. The van der Waals surface area contributed by atoms with E-state index in [0.717, 1.165) is 22.3 Å². The van der Waals surface area contributed by atoms with Crippen LogP contribution in [0, 0.1) is 0 Å². The predicted octanol–water partition coefficient (Wildman–Crippen LogP) is 2.26. The second-order valence-electron chi connectivity index (χ2n) is 4.35. The predicted molar refractivity (Wildman–Crippen MR) is 79.2 cm³/mol. The van der Waals surface area contributed by atoms with Gasteiger partial charge in [-0.3, -0.25) is 4.68 Å². The topological polar surface area (TPSA) is 56.1 Å². The third-order valence-corrected chi connectivity index (χ3v) is 3.76.